The summed E-state index contributed by atoms with van der Waals surface area (Å²) in [5, 5.41) is 11.0. The van der Waals surface area contributed by atoms with E-state index in [1.165, 1.54) is 5.56 Å². The van der Waals surface area contributed by atoms with Crippen molar-refractivity contribution in [3.8, 4) is 0 Å². The highest BCUT2D eigenvalue weighted by atomic mass is 79.9. The molecule has 82 valence electrons. The summed E-state index contributed by atoms with van der Waals surface area (Å²) in [6.45, 7) is 4.17. The van der Waals surface area contributed by atoms with E-state index < -0.39 is 5.60 Å². The highest BCUT2D eigenvalue weighted by molar-refractivity contribution is 9.10. The van der Waals surface area contributed by atoms with Crippen molar-refractivity contribution >= 4 is 27.7 Å². The summed E-state index contributed by atoms with van der Waals surface area (Å²) in [4.78, 5) is 0. The SMILES string of the molecule is Cc1cc(Br)ccc1[C@@]1(O)CCS[C@@H]1C. The zero-order chi connectivity index (χ0) is 11.1. The van der Waals surface area contributed by atoms with Crippen LogP contribution < -0.4 is 0 Å². The summed E-state index contributed by atoms with van der Waals surface area (Å²) in [5.41, 5.74) is 1.62. The van der Waals surface area contributed by atoms with Gasteiger partial charge in [-0.05, 0) is 42.4 Å². The number of hydrogen-bond donors (Lipinski definition) is 1. The van der Waals surface area contributed by atoms with Crippen LogP contribution in [0.15, 0.2) is 22.7 Å². The van der Waals surface area contributed by atoms with Crippen LogP contribution >= 0.6 is 27.7 Å². The summed E-state index contributed by atoms with van der Waals surface area (Å²) < 4.78 is 1.07. The number of hydrogen-bond acceptors (Lipinski definition) is 2. The summed E-state index contributed by atoms with van der Waals surface area (Å²) >= 11 is 5.30. The second-order valence-electron chi connectivity index (χ2n) is 4.15. The lowest BCUT2D eigenvalue weighted by Gasteiger charge is -2.29. The smallest absolute Gasteiger partial charge is 0.102 e. The van der Waals surface area contributed by atoms with Crippen LogP contribution in [0.1, 0.15) is 24.5 Å². The number of aliphatic hydroxyl groups is 1. The molecule has 1 aromatic carbocycles. The fourth-order valence-electron chi connectivity index (χ4n) is 2.20. The first-order chi connectivity index (χ1) is 7.04. The Morgan fingerprint density at radius 2 is 2.27 bits per heavy atom. The van der Waals surface area contributed by atoms with Gasteiger partial charge in [-0.25, -0.2) is 0 Å². The van der Waals surface area contributed by atoms with Crippen LogP contribution in [0.25, 0.3) is 0 Å². The van der Waals surface area contributed by atoms with Gasteiger partial charge >= 0.3 is 0 Å². The van der Waals surface area contributed by atoms with Gasteiger partial charge in [0.2, 0.25) is 0 Å². The van der Waals surface area contributed by atoms with E-state index in [1.807, 2.05) is 23.9 Å². The van der Waals surface area contributed by atoms with Crippen LogP contribution in [-0.2, 0) is 5.60 Å². The van der Waals surface area contributed by atoms with E-state index >= 15 is 0 Å². The first-order valence-electron chi connectivity index (χ1n) is 5.14. The Morgan fingerprint density at radius 1 is 1.53 bits per heavy atom. The van der Waals surface area contributed by atoms with Gasteiger partial charge in [0.25, 0.3) is 0 Å². The molecular formula is C12H15BrOS. The Kier molecular flexibility index (Phi) is 3.15. The average Bonchev–Trinajstić information content (AvgIpc) is 2.47. The third kappa shape index (κ3) is 1.97. The summed E-state index contributed by atoms with van der Waals surface area (Å²) in [6.07, 6.45) is 0.862. The predicted octanol–water partition coefficient (Wildman–Crippen LogP) is 3.47. The van der Waals surface area contributed by atoms with Crippen molar-refractivity contribution in [2.24, 2.45) is 0 Å². The van der Waals surface area contributed by atoms with Crippen molar-refractivity contribution in [3.63, 3.8) is 0 Å². The zero-order valence-electron chi connectivity index (χ0n) is 8.96. The molecule has 15 heavy (non-hydrogen) atoms. The average molecular weight is 287 g/mol. The van der Waals surface area contributed by atoms with Gasteiger partial charge in [-0.3, -0.25) is 0 Å². The molecule has 1 aliphatic heterocycles. The Morgan fingerprint density at radius 3 is 2.80 bits per heavy atom. The van der Waals surface area contributed by atoms with Gasteiger partial charge in [-0.15, -0.1) is 0 Å². The van der Waals surface area contributed by atoms with Crippen molar-refractivity contribution in [2.45, 2.75) is 31.1 Å². The summed E-state index contributed by atoms with van der Waals surface area (Å²) in [7, 11) is 0. The van der Waals surface area contributed by atoms with Crippen LogP contribution in [0, 0.1) is 6.92 Å². The van der Waals surface area contributed by atoms with Crippen molar-refractivity contribution in [2.75, 3.05) is 5.75 Å². The number of aryl methyl sites for hydroxylation is 1. The van der Waals surface area contributed by atoms with Crippen LogP contribution in [0.2, 0.25) is 0 Å². The molecule has 2 rings (SSSR count). The van der Waals surface area contributed by atoms with Gasteiger partial charge < -0.3 is 5.11 Å². The van der Waals surface area contributed by atoms with E-state index in [0.29, 0.717) is 0 Å². The normalized spacial score (nSPS) is 30.8. The van der Waals surface area contributed by atoms with Crippen molar-refractivity contribution in [1.29, 1.82) is 0 Å². The molecule has 1 aromatic rings. The lowest BCUT2D eigenvalue weighted by Crippen LogP contribution is -2.32. The maximum Gasteiger partial charge on any atom is 0.102 e. The van der Waals surface area contributed by atoms with Crippen molar-refractivity contribution in [3.05, 3.63) is 33.8 Å². The van der Waals surface area contributed by atoms with Gasteiger partial charge in [0, 0.05) is 9.72 Å². The first-order valence-corrected chi connectivity index (χ1v) is 6.99. The lowest BCUT2D eigenvalue weighted by molar-refractivity contribution is 0.0421. The maximum absolute atomic E-state index is 10.7. The molecule has 0 saturated carbocycles. The van der Waals surface area contributed by atoms with E-state index in [0.717, 1.165) is 22.2 Å². The molecule has 0 aromatic heterocycles. The maximum atomic E-state index is 10.7. The molecular weight excluding hydrogens is 272 g/mol. The molecule has 0 amide bonds. The molecule has 0 unspecified atom stereocenters. The largest absolute Gasteiger partial charge is 0.384 e. The molecule has 1 nitrogen and oxygen atoms in total. The van der Waals surface area contributed by atoms with Gasteiger partial charge in [0.1, 0.15) is 5.60 Å². The Labute approximate surface area is 103 Å². The van der Waals surface area contributed by atoms with E-state index in [2.05, 4.69) is 35.8 Å². The Balaban J connectivity index is 2.44. The molecule has 2 atom stereocenters. The summed E-state index contributed by atoms with van der Waals surface area (Å²) in [6, 6.07) is 6.13. The fourth-order valence-corrected chi connectivity index (χ4v) is 3.98. The Bertz CT molecular complexity index is 380. The minimum absolute atomic E-state index is 0.289. The van der Waals surface area contributed by atoms with Crippen LogP contribution in [0.4, 0.5) is 0 Å². The monoisotopic (exact) mass is 286 g/mol. The Hall–Kier alpha value is 0.01000. The van der Waals surface area contributed by atoms with Gasteiger partial charge in [0.15, 0.2) is 0 Å². The lowest BCUT2D eigenvalue weighted by atomic mass is 9.86. The van der Waals surface area contributed by atoms with Crippen LogP contribution in [-0.4, -0.2) is 16.1 Å². The zero-order valence-corrected chi connectivity index (χ0v) is 11.4. The molecule has 1 fully saturated rings. The van der Waals surface area contributed by atoms with E-state index in [4.69, 9.17) is 0 Å². The highest BCUT2D eigenvalue weighted by Gasteiger charge is 2.41. The van der Waals surface area contributed by atoms with E-state index in [1.54, 1.807) is 0 Å². The van der Waals surface area contributed by atoms with Crippen molar-refractivity contribution in [1.82, 2.24) is 0 Å². The second kappa shape index (κ2) is 4.11. The predicted molar refractivity (Wildman–Crippen MR) is 69.3 cm³/mol. The third-order valence-electron chi connectivity index (χ3n) is 3.18. The topological polar surface area (TPSA) is 20.2 Å². The molecule has 3 heteroatoms. The number of benzene rings is 1. The van der Waals surface area contributed by atoms with Crippen LogP contribution in [0.3, 0.4) is 0 Å². The number of rotatable bonds is 1. The molecule has 0 radical (unpaired) electrons. The van der Waals surface area contributed by atoms with E-state index in [-0.39, 0.29) is 5.25 Å². The minimum Gasteiger partial charge on any atom is -0.384 e. The molecule has 0 bridgehead atoms. The standard InChI is InChI=1S/C12H15BrOS/c1-8-7-10(13)3-4-11(8)12(14)5-6-15-9(12)2/h3-4,7,9,14H,5-6H2,1-2H3/t9-,12-/m1/s1. The second-order valence-corrected chi connectivity index (χ2v) is 6.51. The summed E-state index contributed by atoms with van der Waals surface area (Å²) in [5.74, 6) is 1.05. The quantitative estimate of drug-likeness (QED) is 0.853. The molecule has 1 N–H and O–H groups in total. The molecule has 0 spiro atoms. The molecule has 0 aliphatic carbocycles. The first kappa shape index (κ1) is 11.5. The van der Waals surface area contributed by atoms with Crippen molar-refractivity contribution < 1.29 is 5.11 Å². The van der Waals surface area contributed by atoms with E-state index in [9.17, 15) is 5.11 Å². The number of halogens is 1. The third-order valence-corrected chi connectivity index (χ3v) is 5.00. The molecule has 1 aliphatic rings. The van der Waals surface area contributed by atoms with Gasteiger partial charge in [-0.2, -0.15) is 11.8 Å². The van der Waals surface area contributed by atoms with Gasteiger partial charge in [-0.1, -0.05) is 28.9 Å². The highest BCUT2D eigenvalue weighted by Crippen LogP contribution is 2.44. The van der Waals surface area contributed by atoms with Gasteiger partial charge in [0.05, 0.1) is 0 Å². The fraction of sp³-hybridized carbons (Fsp3) is 0.500. The molecule has 1 saturated heterocycles. The number of thioether (sulfide) groups is 1. The molecule has 1 heterocycles. The van der Waals surface area contributed by atoms with Crippen LogP contribution in [0.5, 0.6) is 0 Å². The minimum atomic E-state index is -0.630.